The van der Waals surface area contributed by atoms with E-state index in [0.29, 0.717) is 12.0 Å². The van der Waals surface area contributed by atoms with E-state index in [4.69, 9.17) is 4.74 Å². The molecule has 2 aliphatic rings. The van der Waals surface area contributed by atoms with Crippen LogP contribution in [0.4, 0.5) is 0 Å². The van der Waals surface area contributed by atoms with E-state index in [0.717, 1.165) is 61.7 Å². The minimum atomic E-state index is 0.164. The Balaban J connectivity index is 1.63. The second-order valence-electron chi connectivity index (χ2n) is 7.25. The van der Waals surface area contributed by atoms with Crippen molar-refractivity contribution in [2.45, 2.75) is 39.2 Å². The van der Waals surface area contributed by atoms with Gasteiger partial charge in [-0.05, 0) is 51.3 Å². The van der Waals surface area contributed by atoms with Gasteiger partial charge in [0.25, 0.3) is 5.91 Å². The summed E-state index contributed by atoms with van der Waals surface area (Å²) >= 11 is 0. The molecule has 132 valence electrons. The second-order valence-corrected chi connectivity index (χ2v) is 7.25. The molecule has 25 heavy (non-hydrogen) atoms. The van der Waals surface area contributed by atoms with Gasteiger partial charge in [-0.25, -0.2) is 0 Å². The largest absolute Gasteiger partial charge is 0.381 e. The van der Waals surface area contributed by atoms with E-state index in [9.17, 15) is 4.79 Å². The molecule has 1 saturated carbocycles. The number of aromatic nitrogens is 2. The van der Waals surface area contributed by atoms with Crippen molar-refractivity contribution in [1.82, 2.24) is 14.5 Å². The van der Waals surface area contributed by atoms with Crippen molar-refractivity contribution in [3.05, 3.63) is 47.5 Å². The molecule has 4 rings (SSSR count). The molecule has 0 bridgehead atoms. The molecule has 2 fully saturated rings. The van der Waals surface area contributed by atoms with Gasteiger partial charge in [-0.15, -0.1) is 0 Å². The van der Waals surface area contributed by atoms with E-state index in [1.807, 2.05) is 38.2 Å². The van der Waals surface area contributed by atoms with E-state index in [-0.39, 0.29) is 5.91 Å². The molecule has 0 N–H and O–H groups in total. The SMILES string of the molecule is Cc1cc(C(=O)N(C[C@H]2CCOC2)C2CC2)c(C)n1-c1cccnc1. The van der Waals surface area contributed by atoms with E-state index in [1.165, 1.54) is 0 Å². The molecular formula is C20H25N3O2. The molecule has 0 aromatic carbocycles. The van der Waals surface area contributed by atoms with Gasteiger partial charge in [-0.3, -0.25) is 9.78 Å². The van der Waals surface area contributed by atoms with Crippen LogP contribution in [-0.4, -0.2) is 46.2 Å². The van der Waals surface area contributed by atoms with Gasteiger partial charge >= 0.3 is 0 Å². The summed E-state index contributed by atoms with van der Waals surface area (Å²) < 4.78 is 7.61. The van der Waals surface area contributed by atoms with Crippen LogP contribution in [0.3, 0.4) is 0 Å². The Morgan fingerprint density at radius 3 is 2.84 bits per heavy atom. The highest BCUT2D eigenvalue weighted by atomic mass is 16.5. The maximum atomic E-state index is 13.3. The lowest BCUT2D eigenvalue weighted by Gasteiger charge is -2.25. The summed E-state index contributed by atoms with van der Waals surface area (Å²) in [6.45, 7) is 6.50. The molecule has 1 atom stereocenters. The lowest BCUT2D eigenvalue weighted by Crippen LogP contribution is -2.37. The summed E-state index contributed by atoms with van der Waals surface area (Å²) in [5.41, 5.74) is 3.86. The van der Waals surface area contributed by atoms with Crippen molar-refractivity contribution in [2.75, 3.05) is 19.8 Å². The van der Waals surface area contributed by atoms with Crippen molar-refractivity contribution in [3.63, 3.8) is 0 Å². The first-order valence-electron chi connectivity index (χ1n) is 9.13. The maximum absolute atomic E-state index is 13.3. The molecule has 0 spiro atoms. The van der Waals surface area contributed by atoms with Crippen molar-refractivity contribution >= 4 is 5.91 Å². The number of carbonyl (C=O) groups is 1. The number of rotatable bonds is 5. The molecule has 1 saturated heterocycles. The fraction of sp³-hybridized carbons (Fsp3) is 0.500. The lowest BCUT2D eigenvalue weighted by molar-refractivity contribution is 0.0705. The standard InChI is InChI=1S/C20H25N3O2/c1-14-10-19(15(2)23(14)18-4-3-8-21-11-18)20(24)22(17-5-6-17)12-16-7-9-25-13-16/h3-4,8,10-11,16-17H,5-7,9,12-13H2,1-2H3/t16-/m1/s1. The highest BCUT2D eigenvalue weighted by Crippen LogP contribution is 2.32. The number of pyridine rings is 1. The molecule has 2 aromatic heterocycles. The van der Waals surface area contributed by atoms with Crippen LogP contribution in [0.25, 0.3) is 5.69 Å². The monoisotopic (exact) mass is 339 g/mol. The molecule has 0 unspecified atom stereocenters. The third kappa shape index (κ3) is 3.21. The third-order valence-electron chi connectivity index (χ3n) is 5.29. The van der Waals surface area contributed by atoms with Gasteiger partial charge in [0.15, 0.2) is 0 Å². The highest BCUT2D eigenvalue weighted by Gasteiger charge is 2.36. The average molecular weight is 339 g/mol. The average Bonchev–Trinajstić information content (AvgIpc) is 3.24. The zero-order valence-corrected chi connectivity index (χ0v) is 14.9. The zero-order valence-electron chi connectivity index (χ0n) is 14.9. The van der Waals surface area contributed by atoms with Gasteiger partial charge in [0.05, 0.1) is 24.1 Å². The summed E-state index contributed by atoms with van der Waals surface area (Å²) in [4.78, 5) is 19.6. The third-order valence-corrected chi connectivity index (χ3v) is 5.29. The Morgan fingerprint density at radius 1 is 1.36 bits per heavy atom. The van der Waals surface area contributed by atoms with Crippen LogP contribution in [0.15, 0.2) is 30.6 Å². The number of aryl methyl sites for hydroxylation is 1. The van der Waals surface area contributed by atoms with Gasteiger partial charge in [-0.1, -0.05) is 0 Å². The minimum Gasteiger partial charge on any atom is -0.381 e. The molecule has 1 aliphatic heterocycles. The van der Waals surface area contributed by atoms with Crippen LogP contribution in [-0.2, 0) is 4.74 Å². The molecule has 5 nitrogen and oxygen atoms in total. The summed E-state index contributed by atoms with van der Waals surface area (Å²) in [6.07, 6.45) is 6.91. The first-order valence-corrected chi connectivity index (χ1v) is 9.13. The van der Waals surface area contributed by atoms with Crippen LogP contribution in [0.1, 0.15) is 41.0 Å². The van der Waals surface area contributed by atoms with Crippen LogP contribution >= 0.6 is 0 Å². The summed E-state index contributed by atoms with van der Waals surface area (Å²) in [5, 5.41) is 0. The number of amides is 1. The molecule has 2 aromatic rings. The Bertz CT molecular complexity index is 759. The normalized spacial score (nSPS) is 20.0. The van der Waals surface area contributed by atoms with Crippen LogP contribution < -0.4 is 0 Å². The van der Waals surface area contributed by atoms with Crippen molar-refractivity contribution in [2.24, 2.45) is 5.92 Å². The zero-order chi connectivity index (χ0) is 17.4. The van der Waals surface area contributed by atoms with Crippen LogP contribution in [0.5, 0.6) is 0 Å². The molecule has 1 amide bonds. The number of hydrogen-bond acceptors (Lipinski definition) is 3. The Labute approximate surface area is 148 Å². The molecular weight excluding hydrogens is 314 g/mol. The van der Waals surface area contributed by atoms with Gasteiger partial charge in [0.2, 0.25) is 0 Å². The molecule has 5 heteroatoms. The van der Waals surface area contributed by atoms with Gasteiger partial charge in [-0.2, -0.15) is 0 Å². The number of hydrogen-bond donors (Lipinski definition) is 0. The van der Waals surface area contributed by atoms with Gasteiger partial charge in [0.1, 0.15) is 0 Å². The van der Waals surface area contributed by atoms with Crippen LogP contribution in [0, 0.1) is 19.8 Å². The maximum Gasteiger partial charge on any atom is 0.255 e. The topological polar surface area (TPSA) is 47.4 Å². The molecule has 0 radical (unpaired) electrons. The Morgan fingerprint density at radius 2 is 2.20 bits per heavy atom. The summed E-state index contributed by atoms with van der Waals surface area (Å²) in [7, 11) is 0. The first-order chi connectivity index (χ1) is 12.1. The second kappa shape index (κ2) is 6.64. The molecule has 3 heterocycles. The fourth-order valence-corrected chi connectivity index (χ4v) is 3.81. The Hall–Kier alpha value is -2.14. The summed E-state index contributed by atoms with van der Waals surface area (Å²) in [6, 6.07) is 6.38. The fourth-order valence-electron chi connectivity index (χ4n) is 3.81. The van der Waals surface area contributed by atoms with E-state index >= 15 is 0 Å². The first kappa shape index (κ1) is 16.3. The van der Waals surface area contributed by atoms with E-state index in [1.54, 1.807) is 6.20 Å². The predicted molar refractivity (Wildman–Crippen MR) is 96.0 cm³/mol. The van der Waals surface area contributed by atoms with E-state index < -0.39 is 0 Å². The lowest BCUT2D eigenvalue weighted by atomic mass is 10.1. The quantitative estimate of drug-likeness (QED) is 0.841. The number of ether oxygens (including phenoxy) is 1. The van der Waals surface area contributed by atoms with Gasteiger partial charge < -0.3 is 14.2 Å². The predicted octanol–water partition coefficient (Wildman–Crippen LogP) is 3.13. The van der Waals surface area contributed by atoms with Crippen molar-refractivity contribution < 1.29 is 9.53 Å². The van der Waals surface area contributed by atoms with Crippen molar-refractivity contribution in [3.8, 4) is 5.69 Å². The van der Waals surface area contributed by atoms with E-state index in [2.05, 4.69) is 14.5 Å². The molecule has 1 aliphatic carbocycles. The smallest absolute Gasteiger partial charge is 0.255 e. The van der Waals surface area contributed by atoms with Gasteiger partial charge in [0, 0.05) is 42.7 Å². The minimum absolute atomic E-state index is 0.164. The van der Waals surface area contributed by atoms with Crippen molar-refractivity contribution in [1.29, 1.82) is 0 Å². The number of nitrogens with zero attached hydrogens (tertiary/aromatic N) is 3. The number of carbonyl (C=O) groups excluding carboxylic acids is 1. The van der Waals surface area contributed by atoms with Crippen LogP contribution in [0.2, 0.25) is 0 Å². The Kier molecular flexibility index (Phi) is 4.34. The highest BCUT2D eigenvalue weighted by molar-refractivity contribution is 5.96. The summed E-state index contributed by atoms with van der Waals surface area (Å²) in [5.74, 6) is 0.643.